The lowest BCUT2D eigenvalue weighted by Gasteiger charge is -2.23. The minimum Gasteiger partial charge on any atom is -0.481 e. The minimum atomic E-state index is -1.08. The molecule has 0 bridgehead atoms. The molecular formula is C18H19F2N3O3. The first-order valence-electron chi connectivity index (χ1n) is 8.17. The number of carbonyl (C=O) groups is 2. The SMILES string of the molecule is C#CCCC1(CCC(=O)N(CCC(=O)O)Cc2cccc(F)c2F)N=N1. The predicted octanol–water partition coefficient (Wildman–Crippen LogP) is 3.12. The molecule has 138 valence electrons. The van der Waals surface area contributed by atoms with E-state index >= 15 is 0 Å². The fourth-order valence-corrected chi connectivity index (χ4v) is 2.53. The van der Waals surface area contributed by atoms with Gasteiger partial charge in [-0.25, -0.2) is 8.78 Å². The summed E-state index contributed by atoms with van der Waals surface area (Å²) in [6.45, 7) is -0.308. The fourth-order valence-electron chi connectivity index (χ4n) is 2.53. The number of halogens is 2. The van der Waals surface area contributed by atoms with Gasteiger partial charge in [-0.3, -0.25) is 9.59 Å². The van der Waals surface area contributed by atoms with Crippen molar-refractivity contribution in [2.75, 3.05) is 6.54 Å². The van der Waals surface area contributed by atoms with Gasteiger partial charge in [-0.05, 0) is 6.07 Å². The number of carbonyl (C=O) groups excluding carboxylic acids is 1. The molecule has 8 heteroatoms. The van der Waals surface area contributed by atoms with Crippen LogP contribution in [0.1, 0.15) is 37.7 Å². The molecule has 1 aromatic rings. The summed E-state index contributed by atoms with van der Waals surface area (Å²) < 4.78 is 27.2. The van der Waals surface area contributed by atoms with E-state index in [1.807, 2.05) is 0 Å². The molecule has 26 heavy (non-hydrogen) atoms. The Hall–Kier alpha value is -2.82. The molecule has 0 aliphatic carbocycles. The van der Waals surface area contributed by atoms with Crippen molar-refractivity contribution in [1.29, 1.82) is 0 Å². The first kappa shape index (κ1) is 19.5. The van der Waals surface area contributed by atoms with Crippen LogP contribution in [0, 0.1) is 24.0 Å². The average molecular weight is 363 g/mol. The molecule has 2 rings (SSSR count). The number of carboxylic acids is 1. The Morgan fingerprint density at radius 2 is 1.96 bits per heavy atom. The van der Waals surface area contributed by atoms with Crippen LogP contribution in [0.3, 0.4) is 0 Å². The Morgan fingerprint density at radius 3 is 2.58 bits per heavy atom. The van der Waals surface area contributed by atoms with Crippen molar-refractivity contribution in [1.82, 2.24) is 4.90 Å². The second-order valence-corrected chi connectivity index (χ2v) is 6.06. The molecule has 1 N–H and O–H groups in total. The highest BCUT2D eigenvalue weighted by atomic mass is 19.2. The van der Waals surface area contributed by atoms with Crippen LogP contribution < -0.4 is 0 Å². The fraction of sp³-hybridized carbons (Fsp3) is 0.444. The zero-order chi connectivity index (χ0) is 19.2. The lowest BCUT2D eigenvalue weighted by Crippen LogP contribution is -2.33. The molecule has 0 spiro atoms. The van der Waals surface area contributed by atoms with Crippen molar-refractivity contribution in [2.24, 2.45) is 10.2 Å². The Labute approximate surface area is 149 Å². The van der Waals surface area contributed by atoms with E-state index in [-0.39, 0.29) is 37.4 Å². The molecule has 1 aromatic carbocycles. The van der Waals surface area contributed by atoms with E-state index in [0.29, 0.717) is 19.3 Å². The third-order valence-corrected chi connectivity index (χ3v) is 4.13. The largest absolute Gasteiger partial charge is 0.481 e. The van der Waals surface area contributed by atoms with Crippen LogP contribution in [0.4, 0.5) is 8.78 Å². The number of aliphatic carboxylic acids is 1. The molecule has 1 amide bonds. The Balaban J connectivity index is 2.01. The van der Waals surface area contributed by atoms with Crippen LogP contribution in [0.5, 0.6) is 0 Å². The maximum absolute atomic E-state index is 13.9. The summed E-state index contributed by atoms with van der Waals surface area (Å²) in [4.78, 5) is 24.5. The van der Waals surface area contributed by atoms with Crippen LogP contribution in [-0.4, -0.2) is 34.1 Å². The monoisotopic (exact) mass is 363 g/mol. The van der Waals surface area contributed by atoms with Gasteiger partial charge >= 0.3 is 5.97 Å². The summed E-state index contributed by atoms with van der Waals surface area (Å²) in [5.74, 6) is -1.02. The third kappa shape index (κ3) is 5.34. The van der Waals surface area contributed by atoms with Crippen LogP contribution in [-0.2, 0) is 16.1 Å². The molecule has 6 nitrogen and oxygen atoms in total. The molecule has 0 radical (unpaired) electrons. The van der Waals surface area contributed by atoms with Gasteiger partial charge < -0.3 is 10.0 Å². The topological polar surface area (TPSA) is 82.3 Å². The summed E-state index contributed by atoms with van der Waals surface area (Å²) in [5, 5.41) is 16.7. The van der Waals surface area contributed by atoms with Gasteiger partial charge in [-0.1, -0.05) is 12.1 Å². The number of hydrogen-bond acceptors (Lipinski definition) is 4. The molecule has 0 saturated carbocycles. The molecule has 0 aromatic heterocycles. The number of benzene rings is 1. The van der Waals surface area contributed by atoms with Gasteiger partial charge in [0.25, 0.3) is 0 Å². The highest BCUT2D eigenvalue weighted by molar-refractivity contribution is 5.77. The smallest absolute Gasteiger partial charge is 0.305 e. The lowest BCUT2D eigenvalue weighted by molar-refractivity contribution is -0.138. The third-order valence-electron chi connectivity index (χ3n) is 4.13. The number of rotatable bonds is 10. The van der Waals surface area contributed by atoms with Crippen molar-refractivity contribution in [3.63, 3.8) is 0 Å². The molecule has 1 aliphatic heterocycles. The van der Waals surface area contributed by atoms with Gasteiger partial charge in [0.15, 0.2) is 17.3 Å². The van der Waals surface area contributed by atoms with Gasteiger partial charge in [0.1, 0.15) is 0 Å². The maximum atomic E-state index is 13.9. The van der Waals surface area contributed by atoms with Crippen molar-refractivity contribution in [3.8, 4) is 12.3 Å². The van der Waals surface area contributed by atoms with E-state index in [1.165, 1.54) is 17.0 Å². The van der Waals surface area contributed by atoms with Gasteiger partial charge in [-0.15, -0.1) is 12.3 Å². The summed E-state index contributed by atoms with van der Waals surface area (Å²) >= 11 is 0. The van der Waals surface area contributed by atoms with Crippen LogP contribution in [0.25, 0.3) is 0 Å². The number of nitrogens with zero attached hydrogens (tertiary/aromatic N) is 3. The molecule has 0 unspecified atom stereocenters. The van der Waals surface area contributed by atoms with Gasteiger partial charge in [0.2, 0.25) is 5.91 Å². The highest BCUT2D eigenvalue weighted by Gasteiger charge is 2.39. The number of amides is 1. The van der Waals surface area contributed by atoms with E-state index in [9.17, 15) is 18.4 Å². The van der Waals surface area contributed by atoms with E-state index in [1.54, 1.807) is 0 Å². The standard InChI is InChI=1S/C18H19F2N3O3/c1-2-3-9-18(21-22-18)10-7-15(24)23(11-8-16(25)26)12-13-5-4-6-14(19)17(13)20/h1,4-6H,3,7-12H2,(H,25,26). The maximum Gasteiger partial charge on any atom is 0.305 e. The quantitative estimate of drug-likeness (QED) is 0.649. The Morgan fingerprint density at radius 1 is 1.23 bits per heavy atom. The molecule has 0 fully saturated rings. The molecule has 0 atom stereocenters. The minimum absolute atomic E-state index is 0.00780. The van der Waals surface area contributed by atoms with Crippen molar-refractivity contribution in [2.45, 2.75) is 44.3 Å². The molecule has 1 aliphatic rings. The Kier molecular flexibility index (Phi) is 6.39. The van der Waals surface area contributed by atoms with E-state index in [2.05, 4.69) is 16.1 Å². The van der Waals surface area contributed by atoms with E-state index in [4.69, 9.17) is 11.5 Å². The second-order valence-electron chi connectivity index (χ2n) is 6.06. The first-order valence-corrected chi connectivity index (χ1v) is 8.17. The number of terminal acetylenes is 1. The molecule has 1 heterocycles. The number of hydrogen-bond donors (Lipinski definition) is 1. The van der Waals surface area contributed by atoms with Crippen molar-refractivity contribution in [3.05, 3.63) is 35.4 Å². The van der Waals surface area contributed by atoms with Crippen LogP contribution in [0.15, 0.2) is 28.4 Å². The van der Waals surface area contributed by atoms with Gasteiger partial charge in [-0.2, -0.15) is 10.2 Å². The summed E-state index contributed by atoms with van der Waals surface area (Å²) in [6, 6.07) is 3.68. The number of carboxylic acid groups (broad SMARTS) is 1. The Bertz CT molecular complexity index is 753. The van der Waals surface area contributed by atoms with Gasteiger partial charge in [0, 0.05) is 44.3 Å². The normalized spacial score (nSPS) is 13.9. The lowest BCUT2D eigenvalue weighted by atomic mass is 10.0. The van der Waals surface area contributed by atoms with Crippen LogP contribution in [0.2, 0.25) is 0 Å². The summed E-state index contributed by atoms with van der Waals surface area (Å²) in [6.07, 6.45) is 6.37. The average Bonchev–Trinajstić information content (AvgIpc) is 3.38. The summed E-state index contributed by atoms with van der Waals surface area (Å²) in [5.41, 5.74) is -0.642. The van der Waals surface area contributed by atoms with E-state index < -0.39 is 23.3 Å². The van der Waals surface area contributed by atoms with Crippen molar-refractivity contribution >= 4 is 11.9 Å². The van der Waals surface area contributed by atoms with Crippen molar-refractivity contribution < 1.29 is 23.5 Å². The zero-order valence-corrected chi connectivity index (χ0v) is 14.1. The highest BCUT2D eigenvalue weighted by Crippen LogP contribution is 2.37. The zero-order valence-electron chi connectivity index (χ0n) is 14.1. The van der Waals surface area contributed by atoms with Gasteiger partial charge in [0.05, 0.1) is 6.42 Å². The molecule has 0 saturated heterocycles. The second kappa shape index (κ2) is 8.52. The van der Waals surface area contributed by atoms with Crippen LogP contribution >= 0.6 is 0 Å². The van der Waals surface area contributed by atoms with E-state index in [0.717, 1.165) is 6.07 Å². The molecular weight excluding hydrogens is 344 g/mol. The summed E-state index contributed by atoms with van der Waals surface area (Å²) in [7, 11) is 0. The predicted molar refractivity (Wildman–Crippen MR) is 88.9 cm³/mol. The first-order chi connectivity index (χ1) is 12.4.